The van der Waals surface area contributed by atoms with Crippen molar-refractivity contribution >= 4 is 47.8 Å². The monoisotopic (exact) mass is 1110 g/mol. The van der Waals surface area contributed by atoms with Crippen LogP contribution >= 0.6 is 0 Å². The van der Waals surface area contributed by atoms with Gasteiger partial charge < -0.3 is 63.1 Å². The standard InChI is InChI=1S/C59H70N2O19/c1-34-41(76-52(67)47(45(38-20-14-10-15-21-38)61-54(69)80-55(4,5)6)77-43(64)32-72-27-26-71-25-24-60-53(68)73-31-37-18-12-9-13-19-37)30-59(70)50(78-51(66)39-22-16-11-17-23-39)48-57(49(65)46(75-35(2)62)44(34)56(59,7)8)29-40(57)28-42-58(48,33-74-42)79-36(3)63/h9-23,40-42,45-48,50,70H,24-33H2,1-8H3,(H,60,68)(H,61,69)/t40-,41+,42-,45+,46-,47-,48+,50+,57-,58+,59-/m1/s1. The molecule has 0 radical (unpaired) electrons. The molecule has 3 N–H and O–H groups in total. The van der Waals surface area contributed by atoms with E-state index >= 15 is 9.59 Å². The molecule has 1 saturated heterocycles. The molecule has 1 aliphatic heterocycles. The first-order valence-corrected chi connectivity index (χ1v) is 26.7. The van der Waals surface area contributed by atoms with E-state index in [0.29, 0.717) is 0 Å². The third-order valence-corrected chi connectivity index (χ3v) is 15.7. The Labute approximate surface area is 463 Å². The summed E-state index contributed by atoms with van der Waals surface area (Å²) >= 11 is 0. The number of hydrogen-bond acceptors (Lipinski definition) is 19. The third kappa shape index (κ3) is 12.3. The smallest absolute Gasteiger partial charge is 0.408 e. The number of rotatable bonds is 20. The zero-order chi connectivity index (χ0) is 57.8. The SMILES string of the molecule is CC(=O)O[C@H]1C(=O)[C@]23C[C@H]2C[C@H]2OC[C@@]2(OC(C)=O)[C@H]3[C@H](OC(=O)c2ccccc2)[C@]2(O)C[C@H](OC(=O)[C@H](OC(=O)COCCOCCNC(=O)OCc3ccccc3)[C@@H](NC(=O)OC(C)(C)C)c3ccccc3)C(C)=C1C2(C)C. The number of aliphatic hydroxyl groups is 1. The van der Waals surface area contributed by atoms with Gasteiger partial charge >= 0.3 is 42.0 Å². The lowest BCUT2D eigenvalue weighted by atomic mass is 9.48. The predicted molar refractivity (Wildman–Crippen MR) is 280 cm³/mol. The molecule has 430 valence electrons. The molecule has 3 saturated carbocycles. The van der Waals surface area contributed by atoms with Crippen LogP contribution in [0.4, 0.5) is 9.59 Å². The third-order valence-electron chi connectivity index (χ3n) is 15.7. The number of esters is 5. The second-order valence-corrected chi connectivity index (χ2v) is 22.4. The second kappa shape index (κ2) is 23.9. The fraction of sp³-hybridized carbons (Fsp3) is 0.525. The van der Waals surface area contributed by atoms with Crippen LogP contribution in [0.3, 0.4) is 0 Å². The maximum Gasteiger partial charge on any atom is 0.408 e. The summed E-state index contributed by atoms with van der Waals surface area (Å²) in [5.74, 6) is -7.09. The first-order valence-electron chi connectivity index (χ1n) is 26.7. The van der Waals surface area contributed by atoms with Gasteiger partial charge in [-0.2, -0.15) is 0 Å². The van der Waals surface area contributed by atoms with Crippen molar-refractivity contribution < 1.29 is 90.8 Å². The summed E-state index contributed by atoms with van der Waals surface area (Å²) in [6.45, 7) is 11.2. The molecule has 2 amide bonds. The molecule has 4 aliphatic carbocycles. The maximum atomic E-state index is 15.8. The molecule has 5 aliphatic rings. The van der Waals surface area contributed by atoms with Crippen molar-refractivity contribution in [3.05, 3.63) is 119 Å². The molecule has 21 heteroatoms. The zero-order valence-corrected chi connectivity index (χ0v) is 46.1. The van der Waals surface area contributed by atoms with Crippen molar-refractivity contribution in [2.24, 2.45) is 22.7 Å². The summed E-state index contributed by atoms with van der Waals surface area (Å²) in [6.07, 6.45) is -9.45. The van der Waals surface area contributed by atoms with Crippen molar-refractivity contribution in [3.63, 3.8) is 0 Å². The summed E-state index contributed by atoms with van der Waals surface area (Å²) in [7, 11) is 0. The van der Waals surface area contributed by atoms with E-state index in [1.165, 1.54) is 19.1 Å². The van der Waals surface area contributed by atoms with E-state index in [2.05, 4.69) is 10.6 Å². The number of alkyl carbamates (subject to hydrolysis) is 2. The number of ketones is 1. The average molecular weight is 1110 g/mol. The number of fused-ring (bicyclic) bond motifs is 4. The fourth-order valence-electron chi connectivity index (χ4n) is 12.1. The van der Waals surface area contributed by atoms with Crippen LogP contribution in [0.2, 0.25) is 0 Å². The van der Waals surface area contributed by atoms with Gasteiger partial charge in [0.1, 0.15) is 48.8 Å². The molecule has 80 heavy (non-hydrogen) atoms. The van der Waals surface area contributed by atoms with E-state index < -0.39 is 137 Å². The minimum absolute atomic E-state index is 0.0159. The van der Waals surface area contributed by atoms with Gasteiger partial charge in [-0.1, -0.05) is 92.7 Å². The molecule has 3 aromatic rings. The van der Waals surface area contributed by atoms with E-state index in [0.717, 1.165) is 12.5 Å². The van der Waals surface area contributed by atoms with E-state index in [1.807, 2.05) is 30.3 Å². The van der Waals surface area contributed by atoms with Crippen LogP contribution in [-0.4, -0.2) is 140 Å². The number of benzene rings is 3. The lowest BCUT2D eigenvalue weighted by Crippen LogP contribution is -2.78. The van der Waals surface area contributed by atoms with Gasteiger partial charge in [-0.3, -0.25) is 14.4 Å². The van der Waals surface area contributed by atoms with Gasteiger partial charge in [-0.25, -0.2) is 24.0 Å². The van der Waals surface area contributed by atoms with Crippen molar-refractivity contribution in [1.82, 2.24) is 10.6 Å². The van der Waals surface area contributed by atoms with E-state index in [9.17, 15) is 33.9 Å². The number of nitrogens with one attached hydrogen (secondary N) is 2. The molecule has 21 nitrogen and oxygen atoms in total. The average Bonchev–Trinajstić information content (AvgIpc) is 2.14. The summed E-state index contributed by atoms with van der Waals surface area (Å²) < 4.78 is 59.1. The lowest BCUT2D eigenvalue weighted by Gasteiger charge is -2.64. The second-order valence-electron chi connectivity index (χ2n) is 22.4. The predicted octanol–water partition coefficient (Wildman–Crippen LogP) is 5.98. The minimum atomic E-state index is -2.36. The highest BCUT2D eigenvalue weighted by Gasteiger charge is 2.84. The Balaban J connectivity index is 1.11. The van der Waals surface area contributed by atoms with E-state index in [1.54, 1.807) is 90.1 Å². The molecule has 11 atom stereocenters. The molecular formula is C59H70N2O19. The topological polar surface area (TPSA) is 273 Å². The summed E-state index contributed by atoms with van der Waals surface area (Å²) in [6, 6.07) is 23.7. The first kappa shape index (κ1) is 58.9. The van der Waals surface area contributed by atoms with Gasteiger partial charge in [-0.05, 0) is 80.9 Å². The normalized spacial score (nSPS) is 27.7. The highest BCUT2D eigenvalue weighted by molar-refractivity contribution is 5.98. The van der Waals surface area contributed by atoms with Crippen molar-refractivity contribution in [1.29, 1.82) is 0 Å². The number of ether oxygens (including phenoxy) is 10. The van der Waals surface area contributed by atoms with Gasteiger partial charge in [0.25, 0.3) is 0 Å². The Morgan fingerprint density at radius 2 is 1.45 bits per heavy atom. The van der Waals surface area contributed by atoms with Gasteiger partial charge in [0.2, 0.25) is 6.10 Å². The van der Waals surface area contributed by atoms with Gasteiger partial charge in [0.05, 0.1) is 37.9 Å². The number of amides is 2. The van der Waals surface area contributed by atoms with Crippen LogP contribution in [0.25, 0.3) is 0 Å². The van der Waals surface area contributed by atoms with E-state index in [-0.39, 0.29) is 74.7 Å². The van der Waals surface area contributed by atoms with Crippen LogP contribution in [0.15, 0.2) is 102 Å². The largest absolute Gasteiger partial charge is 0.455 e. The highest BCUT2D eigenvalue weighted by Crippen LogP contribution is 2.74. The Morgan fingerprint density at radius 1 is 0.800 bits per heavy atom. The summed E-state index contributed by atoms with van der Waals surface area (Å²) in [5.41, 5.74) is -6.70. The van der Waals surface area contributed by atoms with Crippen LogP contribution < -0.4 is 10.6 Å². The molecule has 1 spiro atoms. The van der Waals surface area contributed by atoms with Gasteiger partial charge in [0.15, 0.2) is 17.5 Å². The molecular weight excluding hydrogens is 1040 g/mol. The highest BCUT2D eigenvalue weighted by atomic mass is 16.6. The Kier molecular flexibility index (Phi) is 17.6. The molecule has 2 bridgehead atoms. The van der Waals surface area contributed by atoms with E-state index in [4.69, 9.17) is 47.4 Å². The summed E-state index contributed by atoms with van der Waals surface area (Å²) in [5, 5.41) is 19.2. The lowest BCUT2D eigenvalue weighted by molar-refractivity contribution is -0.323. The number of hydrogen-bond donors (Lipinski definition) is 3. The Bertz CT molecular complexity index is 2840. The van der Waals surface area contributed by atoms with Crippen LogP contribution in [0, 0.1) is 22.7 Å². The molecule has 0 aromatic heterocycles. The van der Waals surface area contributed by atoms with Crippen LogP contribution in [-0.2, 0) is 77.9 Å². The zero-order valence-electron chi connectivity index (χ0n) is 46.1. The molecule has 1 heterocycles. The molecule has 4 fully saturated rings. The summed E-state index contributed by atoms with van der Waals surface area (Å²) in [4.78, 5) is 112. The van der Waals surface area contributed by atoms with Gasteiger partial charge in [-0.15, -0.1) is 0 Å². The quantitative estimate of drug-likeness (QED) is 0.0508. The Morgan fingerprint density at radius 3 is 2.08 bits per heavy atom. The molecule has 0 unspecified atom stereocenters. The van der Waals surface area contributed by atoms with Crippen molar-refractivity contribution in [2.75, 3.05) is 39.6 Å². The van der Waals surface area contributed by atoms with Crippen LogP contribution in [0.5, 0.6) is 0 Å². The number of Topliss-reactive ketones (excluding diaryl/α,β-unsaturated/α-hetero) is 1. The maximum absolute atomic E-state index is 15.8. The van der Waals surface area contributed by atoms with Crippen LogP contribution in [0.1, 0.15) is 102 Å². The van der Waals surface area contributed by atoms with Crippen molar-refractivity contribution in [2.45, 2.75) is 135 Å². The Hall–Kier alpha value is -7.20. The number of carbonyl (C=O) groups is 8. The molecule has 3 aromatic carbocycles. The van der Waals surface area contributed by atoms with Crippen molar-refractivity contribution in [3.8, 4) is 0 Å². The first-order chi connectivity index (χ1) is 37.9. The fourth-order valence-corrected chi connectivity index (χ4v) is 12.1. The molecule has 8 rings (SSSR count). The minimum Gasteiger partial charge on any atom is -0.455 e. The van der Waals surface area contributed by atoms with Gasteiger partial charge in [0, 0.05) is 37.6 Å². The number of carbonyl (C=O) groups excluding carboxylic acids is 8.